The van der Waals surface area contributed by atoms with E-state index in [1.165, 1.54) is 0 Å². The first-order valence-corrected chi connectivity index (χ1v) is 9.47. The monoisotopic (exact) mass is 351 g/mol. The summed E-state index contributed by atoms with van der Waals surface area (Å²) in [6.07, 6.45) is 7.83. The van der Waals surface area contributed by atoms with Gasteiger partial charge in [0.25, 0.3) is 5.91 Å². The van der Waals surface area contributed by atoms with Gasteiger partial charge in [-0.05, 0) is 31.7 Å². The lowest BCUT2D eigenvalue weighted by molar-refractivity contribution is -0.110. The summed E-state index contributed by atoms with van der Waals surface area (Å²) in [4.78, 5) is 23.5. The molecule has 0 spiro atoms. The second-order valence-corrected chi connectivity index (χ2v) is 7.54. The van der Waals surface area contributed by atoms with Crippen LogP contribution in [0.5, 0.6) is 0 Å². The van der Waals surface area contributed by atoms with Crippen molar-refractivity contribution in [3.63, 3.8) is 0 Å². The van der Waals surface area contributed by atoms with Gasteiger partial charge in [0.15, 0.2) is 0 Å². The average Bonchev–Trinajstić information content (AvgIpc) is 2.69. The van der Waals surface area contributed by atoms with Gasteiger partial charge in [0, 0.05) is 24.7 Å². The number of benzene rings is 1. The number of piperidine rings is 1. The minimum Gasteiger partial charge on any atom is -0.385 e. The SMILES string of the molecule is Cc1cnc(C(=O)N2CC[C@@](O)(c3ccccc3)[C@@H]3CCCCC32)cn1. The van der Waals surface area contributed by atoms with Crippen molar-refractivity contribution < 1.29 is 9.90 Å². The fourth-order valence-corrected chi connectivity index (χ4v) is 4.67. The third kappa shape index (κ3) is 2.90. The van der Waals surface area contributed by atoms with Crippen LogP contribution in [0.15, 0.2) is 42.7 Å². The first-order chi connectivity index (χ1) is 12.6. The Labute approximate surface area is 154 Å². The van der Waals surface area contributed by atoms with Crippen molar-refractivity contribution in [1.82, 2.24) is 14.9 Å². The number of fused-ring (bicyclic) bond motifs is 1. The van der Waals surface area contributed by atoms with E-state index in [-0.39, 0.29) is 17.9 Å². The Morgan fingerprint density at radius 3 is 2.65 bits per heavy atom. The summed E-state index contributed by atoms with van der Waals surface area (Å²) in [6, 6.07) is 10.00. The van der Waals surface area contributed by atoms with Crippen LogP contribution in [0.4, 0.5) is 0 Å². The van der Waals surface area contributed by atoms with E-state index in [1.54, 1.807) is 12.4 Å². The van der Waals surface area contributed by atoms with E-state index in [0.29, 0.717) is 18.7 Å². The predicted octanol–water partition coefficient (Wildman–Crippen LogP) is 3.08. The Bertz CT molecular complexity index is 778. The van der Waals surface area contributed by atoms with Crippen LogP contribution >= 0.6 is 0 Å². The van der Waals surface area contributed by atoms with Crippen LogP contribution in [0, 0.1) is 12.8 Å². The van der Waals surface area contributed by atoms with E-state index in [9.17, 15) is 9.90 Å². The van der Waals surface area contributed by atoms with Crippen LogP contribution in [-0.4, -0.2) is 38.5 Å². The number of amides is 1. The number of likely N-dealkylation sites (tertiary alicyclic amines) is 1. The molecule has 4 rings (SSSR count). The summed E-state index contributed by atoms with van der Waals surface area (Å²) in [5.41, 5.74) is 1.31. The largest absolute Gasteiger partial charge is 0.385 e. The summed E-state index contributed by atoms with van der Waals surface area (Å²) in [5, 5.41) is 11.6. The Morgan fingerprint density at radius 2 is 1.92 bits per heavy atom. The summed E-state index contributed by atoms with van der Waals surface area (Å²) >= 11 is 0. The van der Waals surface area contributed by atoms with E-state index in [4.69, 9.17) is 0 Å². The molecule has 1 N–H and O–H groups in total. The van der Waals surface area contributed by atoms with Gasteiger partial charge in [-0.3, -0.25) is 9.78 Å². The fraction of sp³-hybridized carbons (Fsp3) is 0.476. The highest BCUT2D eigenvalue weighted by Gasteiger charge is 2.50. The van der Waals surface area contributed by atoms with Crippen molar-refractivity contribution in [1.29, 1.82) is 0 Å². The van der Waals surface area contributed by atoms with Gasteiger partial charge in [0.05, 0.1) is 17.5 Å². The maximum Gasteiger partial charge on any atom is 0.274 e. The van der Waals surface area contributed by atoms with Gasteiger partial charge in [-0.15, -0.1) is 0 Å². The van der Waals surface area contributed by atoms with Crippen molar-refractivity contribution in [2.45, 2.75) is 50.7 Å². The third-order valence-corrected chi connectivity index (χ3v) is 6.01. The summed E-state index contributed by atoms with van der Waals surface area (Å²) in [5.74, 6) is -0.000677. The van der Waals surface area contributed by atoms with Crippen molar-refractivity contribution in [2.75, 3.05) is 6.54 Å². The second-order valence-electron chi connectivity index (χ2n) is 7.54. The number of hydrogen-bond acceptors (Lipinski definition) is 4. The third-order valence-electron chi connectivity index (χ3n) is 6.01. The van der Waals surface area contributed by atoms with Crippen LogP contribution in [-0.2, 0) is 5.60 Å². The minimum atomic E-state index is -0.859. The molecule has 0 radical (unpaired) electrons. The van der Waals surface area contributed by atoms with Gasteiger partial charge in [-0.1, -0.05) is 43.2 Å². The molecule has 1 aromatic heterocycles. The van der Waals surface area contributed by atoms with Gasteiger partial charge in [0.1, 0.15) is 5.69 Å². The highest BCUT2D eigenvalue weighted by molar-refractivity contribution is 5.92. The zero-order chi connectivity index (χ0) is 18.1. The molecule has 2 fully saturated rings. The lowest BCUT2D eigenvalue weighted by Crippen LogP contribution is -2.59. The first-order valence-electron chi connectivity index (χ1n) is 9.47. The molecule has 2 aliphatic rings. The zero-order valence-electron chi connectivity index (χ0n) is 15.1. The maximum atomic E-state index is 13.1. The van der Waals surface area contributed by atoms with E-state index < -0.39 is 5.60 Å². The second kappa shape index (κ2) is 6.80. The number of carbonyl (C=O) groups excluding carboxylic acids is 1. The molecular formula is C21H25N3O2. The van der Waals surface area contributed by atoms with Crippen molar-refractivity contribution >= 4 is 5.91 Å². The lowest BCUT2D eigenvalue weighted by Gasteiger charge is -2.52. The number of nitrogens with zero attached hydrogens (tertiary/aromatic N) is 3. The number of aromatic nitrogens is 2. The Balaban J connectivity index is 1.64. The van der Waals surface area contributed by atoms with Gasteiger partial charge in [0.2, 0.25) is 0 Å². The van der Waals surface area contributed by atoms with Crippen LogP contribution in [0.1, 0.15) is 53.8 Å². The molecule has 26 heavy (non-hydrogen) atoms. The van der Waals surface area contributed by atoms with E-state index in [2.05, 4.69) is 9.97 Å². The molecule has 1 saturated carbocycles. The molecule has 1 aromatic carbocycles. The normalized spacial score (nSPS) is 28.5. The highest BCUT2D eigenvalue weighted by Crippen LogP contribution is 2.47. The van der Waals surface area contributed by atoms with Crippen molar-refractivity contribution in [3.8, 4) is 0 Å². The molecule has 0 bridgehead atoms. The molecule has 5 nitrogen and oxygen atoms in total. The highest BCUT2D eigenvalue weighted by atomic mass is 16.3. The summed E-state index contributed by atoms with van der Waals surface area (Å²) in [7, 11) is 0. The average molecular weight is 351 g/mol. The van der Waals surface area contributed by atoms with E-state index in [0.717, 1.165) is 36.9 Å². The predicted molar refractivity (Wildman–Crippen MR) is 98.5 cm³/mol. The number of aliphatic hydroxyl groups is 1. The fourth-order valence-electron chi connectivity index (χ4n) is 4.67. The molecule has 1 saturated heterocycles. The molecule has 3 atom stereocenters. The number of carbonyl (C=O) groups is 1. The number of rotatable bonds is 2. The van der Waals surface area contributed by atoms with Gasteiger partial charge in [-0.2, -0.15) is 0 Å². The van der Waals surface area contributed by atoms with Crippen molar-refractivity contribution in [3.05, 3.63) is 59.7 Å². The van der Waals surface area contributed by atoms with Crippen LogP contribution in [0.25, 0.3) is 0 Å². The van der Waals surface area contributed by atoms with Gasteiger partial charge < -0.3 is 10.0 Å². The molecular weight excluding hydrogens is 326 g/mol. The molecule has 1 aliphatic heterocycles. The molecule has 1 aliphatic carbocycles. The lowest BCUT2D eigenvalue weighted by atomic mass is 9.66. The molecule has 5 heteroatoms. The summed E-state index contributed by atoms with van der Waals surface area (Å²) in [6.45, 7) is 2.40. The standard InChI is InChI=1S/C21H25N3O2/c1-15-13-23-18(14-22-15)20(25)24-12-11-21(26,16-7-3-2-4-8-16)17-9-5-6-10-19(17)24/h2-4,7-8,13-14,17,19,26H,5-6,9-12H2,1H3/t17-,19?,21-/m1/s1. The Morgan fingerprint density at radius 1 is 1.15 bits per heavy atom. The molecule has 1 unspecified atom stereocenters. The molecule has 2 aromatic rings. The van der Waals surface area contributed by atoms with Crippen molar-refractivity contribution in [2.24, 2.45) is 5.92 Å². The number of aryl methyl sites for hydroxylation is 1. The topological polar surface area (TPSA) is 66.3 Å². The maximum absolute atomic E-state index is 13.1. The van der Waals surface area contributed by atoms with Crippen LogP contribution in [0.3, 0.4) is 0 Å². The first kappa shape index (κ1) is 17.2. The van der Waals surface area contributed by atoms with Gasteiger partial charge >= 0.3 is 0 Å². The Hall–Kier alpha value is -2.27. The quantitative estimate of drug-likeness (QED) is 0.903. The Kier molecular flexibility index (Phi) is 4.49. The van der Waals surface area contributed by atoms with E-state index >= 15 is 0 Å². The molecule has 2 heterocycles. The summed E-state index contributed by atoms with van der Waals surface area (Å²) < 4.78 is 0. The van der Waals surface area contributed by atoms with Crippen LogP contribution in [0.2, 0.25) is 0 Å². The molecule has 136 valence electrons. The minimum absolute atomic E-state index is 0.0540. The van der Waals surface area contributed by atoms with Gasteiger partial charge in [-0.25, -0.2) is 4.98 Å². The smallest absolute Gasteiger partial charge is 0.274 e. The zero-order valence-corrected chi connectivity index (χ0v) is 15.1. The molecule has 1 amide bonds. The number of hydrogen-bond donors (Lipinski definition) is 1. The van der Waals surface area contributed by atoms with Crippen LogP contribution < -0.4 is 0 Å². The van der Waals surface area contributed by atoms with E-state index in [1.807, 2.05) is 42.2 Å².